The molecule has 0 aromatic carbocycles. The molecule has 5 heteroatoms. The van der Waals surface area contributed by atoms with Gasteiger partial charge in [-0.05, 0) is 69.9 Å². The van der Waals surface area contributed by atoms with Crippen LogP contribution in [0.25, 0.3) is 0 Å². The van der Waals surface area contributed by atoms with Crippen LogP contribution in [-0.2, 0) is 13.1 Å². The number of nitrogens with zero attached hydrogens (tertiary/aromatic N) is 2. The Morgan fingerprint density at radius 2 is 2.19 bits per heavy atom. The predicted octanol–water partition coefficient (Wildman–Crippen LogP) is 4.10. The Balaban J connectivity index is 1.65. The molecule has 1 aliphatic rings. The van der Waals surface area contributed by atoms with Crippen molar-refractivity contribution >= 4 is 33.1 Å². The van der Waals surface area contributed by atoms with Crippen LogP contribution in [0, 0.1) is 6.92 Å². The minimum absolute atomic E-state index is 0.740. The third-order valence-electron chi connectivity index (χ3n) is 3.68. The van der Waals surface area contributed by atoms with Crippen molar-refractivity contribution in [1.82, 2.24) is 10.3 Å². The Hall–Kier alpha value is -0.910. The van der Waals surface area contributed by atoms with Gasteiger partial charge in [0, 0.05) is 32.4 Å². The first-order valence-corrected chi connectivity index (χ1v) is 8.92. The second-order valence-electron chi connectivity index (χ2n) is 5.75. The number of hydrogen-bond acceptors (Lipinski definition) is 4. The van der Waals surface area contributed by atoms with Gasteiger partial charge in [-0.3, -0.25) is 0 Å². The minimum atomic E-state index is 0.740. The number of thiophene rings is 1. The molecule has 0 radical (unpaired) electrons. The number of aromatic nitrogens is 1. The summed E-state index contributed by atoms with van der Waals surface area (Å²) < 4.78 is 1.18. The SMILES string of the molecule is Cc1cc(CNC2CC2)cnc1N(C)Cc1csc(Br)c1. The molecule has 1 N–H and O–H groups in total. The monoisotopic (exact) mass is 365 g/mol. The summed E-state index contributed by atoms with van der Waals surface area (Å²) in [5.74, 6) is 1.06. The highest BCUT2D eigenvalue weighted by atomic mass is 79.9. The van der Waals surface area contributed by atoms with Crippen LogP contribution < -0.4 is 10.2 Å². The molecule has 2 aromatic rings. The van der Waals surface area contributed by atoms with Crippen molar-refractivity contribution in [2.75, 3.05) is 11.9 Å². The van der Waals surface area contributed by atoms with Crippen molar-refractivity contribution < 1.29 is 0 Å². The van der Waals surface area contributed by atoms with E-state index in [-0.39, 0.29) is 0 Å². The Kier molecular flexibility index (Phi) is 4.62. The molecule has 0 saturated heterocycles. The molecule has 21 heavy (non-hydrogen) atoms. The number of aryl methyl sites for hydroxylation is 1. The van der Waals surface area contributed by atoms with Crippen molar-refractivity contribution in [3.05, 3.63) is 44.2 Å². The van der Waals surface area contributed by atoms with Gasteiger partial charge in [-0.15, -0.1) is 11.3 Å². The van der Waals surface area contributed by atoms with Gasteiger partial charge in [0.25, 0.3) is 0 Å². The zero-order valence-corrected chi connectivity index (χ0v) is 14.8. The van der Waals surface area contributed by atoms with E-state index in [4.69, 9.17) is 0 Å². The van der Waals surface area contributed by atoms with Gasteiger partial charge in [-0.2, -0.15) is 0 Å². The van der Waals surface area contributed by atoms with Crippen molar-refractivity contribution in [3.8, 4) is 0 Å². The molecule has 0 atom stereocenters. The number of nitrogens with one attached hydrogen (secondary N) is 1. The zero-order chi connectivity index (χ0) is 14.8. The van der Waals surface area contributed by atoms with E-state index in [1.165, 1.54) is 33.3 Å². The highest BCUT2D eigenvalue weighted by Crippen LogP contribution is 2.24. The first-order chi connectivity index (χ1) is 10.1. The predicted molar refractivity (Wildman–Crippen MR) is 93.0 cm³/mol. The summed E-state index contributed by atoms with van der Waals surface area (Å²) in [4.78, 5) is 6.87. The van der Waals surface area contributed by atoms with Crippen molar-refractivity contribution in [2.24, 2.45) is 0 Å². The standard InChI is InChI=1S/C16H20BrN3S/c1-11-5-12(7-18-14-3-4-14)8-19-16(11)20(2)9-13-6-15(17)21-10-13/h5-6,8,10,14,18H,3-4,7,9H2,1-2H3. The second-order valence-corrected chi connectivity index (χ2v) is 8.04. The van der Waals surface area contributed by atoms with Gasteiger partial charge in [-0.1, -0.05) is 0 Å². The Morgan fingerprint density at radius 3 is 2.81 bits per heavy atom. The third-order valence-corrected chi connectivity index (χ3v) is 5.24. The largest absolute Gasteiger partial charge is 0.355 e. The lowest BCUT2D eigenvalue weighted by Crippen LogP contribution is -2.19. The van der Waals surface area contributed by atoms with Crippen LogP contribution in [0.4, 0.5) is 5.82 Å². The molecule has 0 bridgehead atoms. The normalized spacial score (nSPS) is 14.4. The summed E-state index contributed by atoms with van der Waals surface area (Å²) >= 11 is 5.24. The van der Waals surface area contributed by atoms with Crippen molar-refractivity contribution in [1.29, 1.82) is 0 Å². The Morgan fingerprint density at radius 1 is 1.38 bits per heavy atom. The molecule has 1 saturated carbocycles. The summed E-state index contributed by atoms with van der Waals surface area (Å²) in [5.41, 5.74) is 3.83. The van der Waals surface area contributed by atoms with E-state index in [0.717, 1.165) is 24.9 Å². The fourth-order valence-electron chi connectivity index (χ4n) is 2.45. The summed E-state index contributed by atoms with van der Waals surface area (Å²) in [6.45, 7) is 3.96. The quantitative estimate of drug-likeness (QED) is 0.834. The molecular formula is C16H20BrN3S. The van der Waals surface area contributed by atoms with Crippen LogP contribution in [0.5, 0.6) is 0 Å². The van der Waals surface area contributed by atoms with Crippen molar-refractivity contribution in [3.63, 3.8) is 0 Å². The van der Waals surface area contributed by atoms with Gasteiger partial charge in [0.1, 0.15) is 5.82 Å². The van der Waals surface area contributed by atoms with Gasteiger partial charge in [0.05, 0.1) is 3.79 Å². The van der Waals surface area contributed by atoms with Gasteiger partial charge in [0.15, 0.2) is 0 Å². The van der Waals surface area contributed by atoms with Crippen LogP contribution in [0.1, 0.15) is 29.5 Å². The average molecular weight is 366 g/mol. The lowest BCUT2D eigenvalue weighted by atomic mass is 10.2. The van der Waals surface area contributed by atoms with Gasteiger partial charge < -0.3 is 10.2 Å². The summed E-state index contributed by atoms with van der Waals surface area (Å²) in [5, 5.41) is 5.72. The Bertz CT molecular complexity index is 622. The number of pyridine rings is 1. The number of rotatable bonds is 6. The second kappa shape index (κ2) is 6.46. The number of hydrogen-bond donors (Lipinski definition) is 1. The molecular weight excluding hydrogens is 346 g/mol. The maximum Gasteiger partial charge on any atom is 0.131 e. The summed E-state index contributed by atoms with van der Waals surface area (Å²) in [6.07, 6.45) is 4.64. The maximum absolute atomic E-state index is 4.66. The zero-order valence-electron chi connectivity index (χ0n) is 12.4. The summed E-state index contributed by atoms with van der Waals surface area (Å²) in [7, 11) is 2.10. The topological polar surface area (TPSA) is 28.2 Å². The van der Waals surface area contributed by atoms with Gasteiger partial charge in [-0.25, -0.2) is 4.98 Å². The minimum Gasteiger partial charge on any atom is -0.355 e. The van der Waals surface area contributed by atoms with Gasteiger partial charge >= 0.3 is 0 Å². The molecule has 1 fully saturated rings. The number of halogens is 1. The van der Waals surface area contributed by atoms with E-state index in [1.54, 1.807) is 11.3 Å². The highest BCUT2D eigenvalue weighted by molar-refractivity contribution is 9.11. The fourth-order valence-corrected chi connectivity index (χ4v) is 3.65. The van der Waals surface area contributed by atoms with Gasteiger partial charge in [0.2, 0.25) is 0 Å². The van der Waals surface area contributed by atoms with Crippen LogP contribution >= 0.6 is 27.3 Å². The lowest BCUT2D eigenvalue weighted by Gasteiger charge is -2.20. The highest BCUT2D eigenvalue weighted by Gasteiger charge is 2.20. The van der Waals surface area contributed by atoms with Crippen LogP contribution in [-0.4, -0.2) is 18.1 Å². The maximum atomic E-state index is 4.66. The summed E-state index contributed by atoms with van der Waals surface area (Å²) in [6, 6.07) is 5.16. The molecule has 2 heterocycles. The Labute approximate surface area is 138 Å². The van der Waals surface area contributed by atoms with E-state index in [1.807, 2.05) is 6.20 Å². The van der Waals surface area contributed by atoms with Crippen LogP contribution in [0.3, 0.4) is 0 Å². The average Bonchev–Trinajstić information content (AvgIpc) is 3.19. The molecule has 3 rings (SSSR count). The van der Waals surface area contributed by atoms with Crippen LogP contribution in [0.2, 0.25) is 0 Å². The number of anilines is 1. The smallest absolute Gasteiger partial charge is 0.131 e. The third kappa shape index (κ3) is 4.05. The molecule has 0 unspecified atom stereocenters. The van der Waals surface area contributed by atoms with Crippen LogP contribution in [0.15, 0.2) is 27.5 Å². The molecule has 3 nitrogen and oxygen atoms in total. The van der Waals surface area contributed by atoms with E-state index < -0.39 is 0 Å². The molecule has 0 amide bonds. The lowest BCUT2D eigenvalue weighted by molar-refractivity contribution is 0.685. The molecule has 112 valence electrons. The van der Waals surface area contributed by atoms with E-state index in [2.05, 4.69) is 62.6 Å². The molecule has 2 aromatic heterocycles. The molecule has 0 aliphatic heterocycles. The first kappa shape index (κ1) is 15.0. The molecule has 1 aliphatic carbocycles. The molecule has 0 spiro atoms. The van der Waals surface area contributed by atoms with Crippen molar-refractivity contribution in [2.45, 2.75) is 38.9 Å². The first-order valence-electron chi connectivity index (χ1n) is 7.25. The van der Waals surface area contributed by atoms with E-state index in [0.29, 0.717) is 0 Å². The van der Waals surface area contributed by atoms with E-state index in [9.17, 15) is 0 Å². The van der Waals surface area contributed by atoms with E-state index >= 15 is 0 Å². The fraction of sp³-hybridized carbons (Fsp3) is 0.438.